The highest BCUT2D eigenvalue weighted by Gasteiger charge is 2.33. The summed E-state index contributed by atoms with van der Waals surface area (Å²) in [6.45, 7) is 8.26. The van der Waals surface area contributed by atoms with Crippen molar-refractivity contribution in [3.05, 3.63) is 23.3 Å². The highest BCUT2D eigenvalue weighted by Crippen LogP contribution is 2.39. The van der Waals surface area contributed by atoms with Crippen LogP contribution in [0, 0.1) is 0 Å². The molecule has 28 heavy (non-hydrogen) atoms. The molecule has 2 aliphatic heterocycles. The lowest BCUT2D eigenvalue weighted by Crippen LogP contribution is -2.51. The molecule has 1 atom stereocenters. The standard InChI is InChI=1S/C23H38N2O2.ClH/c1-4-5-6-7-8-9-10-12-24-14-15-25-13-11-19-16-22(26-2)23(27-3)17-20(19)21(25)18-24;/h16-17,21H,4-15,18H2,1-3H3;1H. The third-order valence-corrected chi connectivity index (χ3v) is 6.33. The third kappa shape index (κ3) is 5.77. The van der Waals surface area contributed by atoms with E-state index in [1.54, 1.807) is 14.2 Å². The fourth-order valence-electron chi connectivity index (χ4n) is 4.66. The van der Waals surface area contributed by atoms with E-state index in [4.69, 9.17) is 9.47 Å². The number of hydrogen-bond acceptors (Lipinski definition) is 4. The largest absolute Gasteiger partial charge is 0.493 e. The molecular formula is C23H39ClN2O2. The van der Waals surface area contributed by atoms with Gasteiger partial charge in [0, 0.05) is 32.2 Å². The number of hydrogen-bond donors (Lipinski definition) is 0. The molecule has 3 rings (SSSR count). The molecule has 0 aromatic heterocycles. The van der Waals surface area contributed by atoms with Crippen LogP contribution in [0.3, 0.4) is 0 Å². The van der Waals surface area contributed by atoms with Gasteiger partial charge in [0.15, 0.2) is 11.5 Å². The average molecular weight is 411 g/mol. The van der Waals surface area contributed by atoms with Gasteiger partial charge in [-0.25, -0.2) is 0 Å². The fraction of sp³-hybridized carbons (Fsp3) is 0.739. The molecule has 0 N–H and O–H groups in total. The Bertz CT molecular complexity index is 596. The number of nitrogens with zero attached hydrogens (tertiary/aromatic N) is 2. The second kappa shape index (κ2) is 11.9. The maximum atomic E-state index is 5.57. The number of piperazine rings is 1. The number of halogens is 1. The minimum absolute atomic E-state index is 0. The second-order valence-electron chi connectivity index (χ2n) is 8.13. The van der Waals surface area contributed by atoms with Gasteiger partial charge in [0.1, 0.15) is 0 Å². The molecule has 0 aliphatic carbocycles. The van der Waals surface area contributed by atoms with Crippen molar-refractivity contribution in [1.82, 2.24) is 9.80 Å². The van der Waals surface area contributed by atoms with Crippen LogP contribution >= 0.6 is 12.4 Å². The summed E-state index contributed by atoms with van der Waals surface area (Å²) in [6, 6.07) is 4.93. The Labute approximate surface area is 178 Å². The zero-order valence-electron chi connectivity index (χ0n) is 18.0. The number of ether oxygens (including phenoxy) is 2. The Morgan fingerprint density at radius 2 is 1.57 bits per heavy atom. The predicted molar refractivity (Wildman–Crippen MR) is 119 cm³/mol. The van der Waals surface area contributed by atoms with E-state index in [-0.39, 0.29) is 12.4 Å². The molecule has 1 fully saturated rings. The van der Waals surface area contributed by atoms with Crippen molar-refractivity contribution in [2.75, 3.05) is 46.9 Å². The molecule has 160 valence electrons. The summed E-state index contributed by atoms with van der Waals surface area (Å²) in [7, 11) is 3.46. The molecule has 1 unspecified atom stereocenters. The van der Waals surface area contributed by atoms with E-state index in [1.165, 1.54) is 82.3 Å². The van der Waals surface area contributed by atoms with Crippen LogP contribution in [0.5, 0.6) is 11.5 Å². The van der Waals surface area contributed by atoms with Crippen LogP contribution in [0.4, 0.5) is 0 Å². The summed E-state index contributed by atoms with van der Waals surface area (Å²) in [6.07, 6.45) is 10.8. The van der Waals surface area contributed by atoms with E-state index in [0.29, 0.717) is 6.04 Å². The van der Waals surface area contributed by atoms with Gasteiger partial charge in [0.05, 0.1) is 14.2 Å². The first kappa shape index (κ1) is 23.3. The third-order valence-electron chi connectivity index (χ3n) is 6.33. The number of unbranched alkanes of at least 4 members (excludes halogenated alkanes) is 6. The van der Waals surface area contributed by atoms with Crippen LogP contribution in [-0.4, -0.2) is 56.7 Å². The summed E-state index contributed by atoms with van der Waals surface area (Å²) in [5.74, 6) is 1.72. The van der Waals surface area contributed by atoms with Crippen LogP contribution in [0.2, 0.25) is 0 Å². The lowest BCUT2D eigenvalue weighted by molar-refractivity contribution is 0.0660. The van der Waals surface area contributed by atoms with Gasteiger partial charge in [0.2, 0.25) is 0 Å². The molecule has 0 amide bonds. The number of fused-ring (bicyclic) bond motifs is 3. The first-order valence-electron chi connectivity index (χ1n) is 11.0. The topological polar surface area (TPSA) is 24.9 Å². The minimum Gasteiger partial charge on any atom is -0.493 e. The van der Waals surface area contributed by atoms with E-state index in [0.717, 1.165) is 24.5 Å². The van der Waals surface area contributed by atoms with Crippen molar-refractivity contribution in [2.45, 2.75) is 64.3 Å². The lowest BCUT2D eigenvalue weighted by atomic mass is 9.90. The summed E-state index contributed by atoms with van der Waals surface area (Å²) in [4.78, 5) is 5.34. The predicted octanol–water partition coefficient (Wildman–Crippen LogP) is 5.09. The SMILES string of the molecule is CCCCCCCCCN1CCN2CCc3cc(OC)c(OC)cc3C2C1.Cl. The Hall–Kier alpha value is -0.970. The summed E-state index contributed by atoms with van der Waals surface area (Å²) < 4.78 is 11.1. The van der Waals surface area contributed by atoms with Gasteiger partial charge in [0.25, 0.3) is 0 Å². The van der Waals surface area contributed by atoms with E-state index in [9.17, 15) is 0 Å². The summed E-state index contributed by atoms with van der Waals surface area (Å²) in [5.41, 5.74) is 2.88. The van der Waals surface area contributed by atoms with Crippen molar-refractivity contribution in [2.24, 2.45) is 0 Å². The highest BCUT2D eigenvalue weighted by molar-refractivity contribution is 5.85. The van der Waals surface area contributed by atoms with Crippen molar-refractivity contribution in [3.63, 3.8) is 0 Å². The van der Waals surface area contributed by atoms with Crippen molar-refractivity contribution < 1.29 is 9.47 Å². The van der Waals surface area contributed by atoms with E-state index >= 15 is 0 Å². The molecule has 1 saturated heterocycles. The van der Waals surface area contributed by atoms with Crippen LogP contribution < -0.4 is 9.47 Å². The van der Waals surface area contributed by atoms with Crippen LogP contribution in [0.1, 0.15) is 69.0 Å². The van der Waals surface area contributed by atoms with E-state index in [2.05, 4.69) is 28.9 Å². The maximum absolute atomic E-state index is 5.57. The van der Waals surface area contributed by atoms with Gasteiger partial charge in [-0.05, 0) is 42.6 Å². The second-order valence-corrected chi connectivity index (χ2v) is 8.13. The average Bonchev–Trinajstić information content (AvgIpc) is 2.71. The molecule has 0 spiro atoms. The summed E-state index contributed by atoms with van der Waals surface area (Å²) >= 11 is 0. The lowest BCUT2D eigenvalue weighted by Gasteiger charge is -2.45. The Kier molecular flexibility index (Phi) is 9.90. The van der Waals surface area contributed by atoms with Gasteiger partial charge in [-0.2, -0.15) is 0 Å². The van der Waals surface area contributed by atoms with Crippen LogP contribution in [0.15, 0.2) is 12.1 Å². The molecule has 5 heteroatoms. The normalized spacial score (nSPS) is 19.5. The zero-order chi connectivity index (χ0) is 19.1. The van der Waals surface area contributed by atoms with Gasteiger partial charge >= 0.3 is 0 Å². The van der Waals surface area contributed by atoms with E-state index in [1.807, 2.05) is 0 Å². The Morgan fingerprint density at radius 1 is 0.893 bits per heavy atom. The molecule has 4 nitrogen and oxygen atoms in total. The molecule has 2 heterocycles. The Morgan fingerprint density at radius 3 is 2.29 bits per heavy atom. The molecule has 0 bridgehead atoms. The summed E-state index contributed by atoms with van der Waals surface area (Å²) in [5, 5.41) is 0. The molecule has 1 aromatic rings. The quantitative estimate of drug-likeness (QED) is 0.501. The molecule has 0 radical (unpaired) electrons. The van der Waals surface area contributed by atoms with Crippen LogP contribution in [-0.2, 0) is 6.42 Å². The smallest absolute Gasteiger partial charge is 0.161 e. The number of rotatable bonds is 10. The zero-order valence-corrected chi connectivity index (χ0v) is 18.9. The van der Waals surface area contributed by atoms with Crippen LogP contribution in [0.25, 0.3) is 0 Å². The highest BCUT2D eigenvalue weighted by atomic mass is 35.5. The van der Waals surface area contributed by atoms with Gasteiger partial charge < -0.3 is 14.4 Å². The monoisotopic (exact) mass is 410 g/mol. The molecule has 2 aliphatic rings. The van der Waals surface area contributed by atoms with Gasteiger partial charge in [-0.1, -0.05) is 45.4 Å². The van der Waals surface area contributed by atoms with Gasteiger partial charge in [-0.15, -0.1) is 12.4 Å². The molecule has 0 saturated carbocycles. The first-order chi connectivity index (χ1) is 13.3. The molecule has 1 aromatic carbocycles. The maximum Gasteiger partial charge on any atom is 0.161 e. The number of methoxy groups -OCH3 is 2. The van der Waals surface area contributed by atoms with Crippen molar-refractivity contribution >= 4 is 12.4 Å². The minimum atomic E-state index is 0. The first-order valence-corrected chi connectivity index (χ1v) is 11.0. The molecular weight excluding hydrogens is 372 g/mol. The fourth-order valence-corrected chi connectivity index (χ4v) is 4.66. The Balaban J connectivity index is 0.00000280. The van der Waals surface area contributed by atoms with E-state index < -0.39 is 0 Å². The van der Waals surface area contributed by atoms with Gasteiger partial charge in [-0.3, -0.25) is 4.90 Å². The van der Waals surface area contributed by atoms with Crippen molar-refractivity contribution in [1.29, 1.82) is 0 Å². The van der Waals surface area contributed by atoms with Crippen molar-refractivity contribution in [3.8, 4) is 11.5 Å². The number of benzene rings is 1.